The molecular weight excluding hydrogens is 270 g/mol. The molecule has 0 bridgehead atoms. The molecular formula is C12H16ClN3O3. The average Bonchev–Trinajstić information content (AvgIpc) is 2.34. The molecule has 1 rings (SSSR count). The summed E-state index contributed by atoms with van der Waals surface area (Å²) in [6.07, 6.45) is 0.797. The van der Waals surface area contributed by atoms with Crippen molar-refractivity contribution in [1.29, 1.82) is 0 Å². The van der Waals surface area contributed by atoms with Crippen molar-refractivity contribution in [3.8, 4) is 0 Å². The van der Waals surface area contributed by atoms with Gasteiger partial charge in [0.1, 0.15) is 5.02 Å². The van der Waals surface area contributed by atoms with Crippen molar-refractivity contribution in [2.24, 2.45) is 0 Å². The fourth-order valence-corrected chi connectivity index (χ4v) is 1.81. The SMILES string of the molecule is CN(C)CCCNC(=O)c1cccc([N+](=O)[O-])c1Cl. The lowest BCUT2D eigenvalue weighted by Crippen LogP contribution is -2.27. The number of benzene rings is 1. The molecule has 7 heteroatoms. The third-order valence-corrected chi connectivity index (χ3v) is 2.88. The Morgan fingerprint density at radius 3 is 2.74 bits per heavy atom. The second-order valence-electron chi connectivity index (χ2n) is 4.31. The topological polar surface area (TPSA) is 75.5 Å². The van der Waals surface area contributed by atoms with Crippen LogP contribution in [0.5, 0.6) is 0 Å². The molecule has 1 N–H and O–H groups in total. The van der Waals surface area contributed by atoms with Gasteiger partial charge in [-0.15, -0.1) is 0 Å². The number of nitro groups is 1. The van der Waals surface area contributed by atoms with Crippen LogP contribution in [0.3, 0.4) is 0 Å². The second kappa shape index (κ2) is 7.06. The molecule has 104 valence electrons. The highest BCUT2D eigenvalue weighted by Gasteiger charge is 2.19. The van der Waals surface area contributed by atoms with E-state index in [1.54, 1.807) is 0 Å². The average molecular weight is 286 g/mol. The van der Waals surface area contributed by atoms with Crippen LogP contribution in [-0.4, -0.2) is 42.9 Å². The van der Waals surface area contributed by atoms with Gasteiger partial charge in [-0.05, 0) is 33.1 Å². The molecule has 1 amide bonds. The third-order valence-electron chi connectivity index (χ3n) is 2.49. The van der Waals surface area contributed by atoms with Gasteiger partial charge in [0.2, 0.25) is 0 Å². The smallest absolute Gasteiger partial charge is 0.288 e. The summed E-state index contributed by atoms with van der Waals surface area (Å²) in [5.41, 5.74) is -0.136. The number of carbonyl (C=O) groups excluding carboxylic acids is 1. The number of nitrogens with one attached hydrogen (secondary N) is 1. The van der Waals surface area contributed by atoms with Gasteiger partial charge in [0.25, 0.3) is 11.6 Å². The summed E-state index contributed by atoms with van der Waals surface area (Å²) in [4.78, 5) is 24.0. The van der Waals surface area contributed by atoms with Crippen molar-refractivity contribution in [1.82, 2.24) is 10.2 Å². The highest BCUT2D eigenvalue weighted by molar-refractivity contribution is 6.35. The van der Waals surface area contributed by atoms with Crippen LogP contribution < -0.4 is 5.32 Å². The Kier molecular flexibility index (Phi) is 5.72. The van der Waals surface area contributed by atoms with Crippen LogP contribution in [0.15, 0.2) is 18.2 Å². The quantitative estimate of drug-likeness (QED) is 0.492. The molecule has 0 saturated carbocycles. The Hall–Kier alpha value is -1.66. The molecule has 1 aromatic rings. The zero-order valence-corrected chi connectivity index (χ0v) is 11.6. The van der Waals surface area contributed by atoms with E-state index in [1.807, 2.05) is 19.0 Å². The lowest BCUT2D eigenvalue weighted by Gasteiger charge is -2.10. The molecule has 0 aliphatic heterocycles. The zero-order chi connectivity index (χ0) is 14.4. The zero-order valence-electron chi connectivity index (χ0n) is 10.9. The maximum Gasteiger partial charge on any atom is 0.288 e. The Morgan fingerprint density at radius 2 is 2.16 bits per heavy atom. The molecule has 0 aromatic heterocycles. The minimum atomic E-state index is -0.606. The number of hydrogen-bond donors (Lipinski definition) is 1. The van der Waals surface area contributed by atoms with Crippen LogP contribution in [0.1, 0.15) is 16.8 Å². The maximum absolute atomic E-state index is 11.9. The van der Waals surface area contributed by atoms with Gasteiger partial charge in [-0.2, -0.15) is 0 Å². The number of carbonyl (C=O) groups is 1. The first-order valence-electron chi connectivity index (χ1n) is 5.79. The van der Waals surface area contributed by atoms with Gasteiger partial charge < -0.3 is 10.2 Å². The summed E-state index contributed by atoms with van der Waals surface area (Å²) >= 11 is 5.85. The molecule has 0 radical (unpaired) electrons. The fourth-order valence-electron chi connectivity index (χ4n) is 1.53. The molecule has 0 fully saturated rings. The van der Waals surface area contributed by atoms with E-state index in [0.717, 1.165) is 13.0 Å². The lowest BCUT2D eigenvalue weighted by atomic mass is 10.2. The lowest BCUT2D eigenvalue weighted by molar-refractivity contribution is -0.384. The molecule has 1 aromatic carbocycles. The third kappa shape index (κ3) is 4.50. The normalized spacial score (nSPS) is 10.5. The number of hydrogen-bond acceptors (Lipinski definition) is 4. The standard InChI is InChI=1S/C12H16ClN3O3/c1-15(2)8-4-7-14-12(17)9-5-3-6-10(11(9)13)16(18)19/h3,5-6H,4,7-8H2,1-2H3,(H,14,17). The minimum absolute atomic E-state index is 0.126. The van der Waals surface area contributed by atoms with E-state index in [-0.39, 0.29) is 16.3 Å². The van der Waals surface area contributed by atoms with Crippen LogP contribution in [0.4, 0.5) is 5.69 Å². The Morgan fingerprint density at radius 1 is 1.47 bits per heavy atom. The largest absolute Gasteiger partial charge is 0.352 e. The maximum atomic E-state index is 11.9. The molecule has 0 saturated heterocycles. The Labute approximate surface area is 116 Å². The van der Waals surface area contributed by atoms with E-state index in [0.29, 0.717) is 6.54 Å². The highest BCUT2D eigenvalue weighted by atomic mass is 35.5. The van der Waals surface area contributed by atoms with Crippen molar-refractivity contribution >= 4 is 23.2 Å². The van der Waals surface area contributed by atoms with Gasteiger partial charge in [0.15, 0.2) is 0 Å². The molecule has 19 heavy (non-hydrogen) atoms. The van der Waals surface area contributed by atoms with Crippen molar-refractivity contribution in [3.05, 3.63) is 38.9 Å². The van der Waals surface area contributed by atoms with Crippen molar-refractivity contribution < 1.29 is 9.72 Å². The molecule has 0 aliphatic carbocycles. The van der Waals surface area contributed by atoms with Crippen LogP contribution in [0.25, 0.3) is 0 Å². The van der Waals surface area contributed by atoms with Crippen LogP contribution >= 0.6 is 11.6 Å². The number of amides is 1. The number of halogens is 1. The molecule has 0 atom stereocenters. The van der Waals surface area contributed by atoms with Crippen molar-refractivity contribution in [3.63, 3.8) is 0 Å². The number of rotatable bonds is 6. The van der Waals surface area contributed by atoms with Crippen LogP contribution in [0, 0.1) is 10.1 Å². The number of nitrogens with zero attached hydrogens (tertiary/aromatic N) is 2. The van der Waals surface area contributed by atoms with Gasteiger partial charge in [-0.25, -0.2) is 0 Å². The van der Waals surface area contributed by atoms with E-state index in [2.05, 4.69) is 5.32 Å². The minimum Gasteiger partial charge on any atom is -0.352 e. The molecule has 0 spiro atoms. The van der Waals surface area contributed by atoms with Gasteiger partial charge in [0.05, 0.1) is 10.5 Å². The summed E-state index contributed by atoms with van der Waals surface area (Å²) in [5.74, 6) is -0.396. The molecule has 0 heterocycles. The van der Waals surface area contributed by atoms with E-state index < -0.39 is 10.8 Å². The monoisotopic (exact) mass is 285 g/mol. The first-order valence-corrected chi connectivity index (χ1v) is 6.17. The number of nitro benzene ring substituents is 1. The van der Waals surface area contributed by atoms with Crippen LogP contribution in [0.2, 0.25) is 5.02 Å². The highest BCUT2D eigenvalue weighted by Crippen LogP contribution is 2.27. The summed E-state index contributed by atoms with van der Waals surface area (Å²) < 4.78 is 0. The van der Waals surface area contributed by atoms with Crippen molar-refractivity contribution in [2.45, 2.75) is 6.42 Å². The predicted octanol–water partition coefficient (Wildman–Crippen LogP) is 1.93. The first kappa shape index (κ1) is 15.4. The Bertz CT molecular complexity index is 477. The van der Waals surface area contributed by atoms with E-state index in [1.165, 1.54) is 18.2 Å². The first-order chi connectivity index (χ1) is 8.93. The molecule has 6 nitrogen and oxygen atoms in total. The summed E-state index contributed by atoms with van der Waals surface area (Å²) in [5, 5.41) is 13.3. The summed E-state index contributed by atoms with van der Waals surface area (Å²) in [6, 6.07) is 4.18. The van der Waals surface area contributed by atoms with Crippen molar-refractivity contribution in [2.75, 3.05) is 27.2 Å². The van der Waals surface area contributed by atoms with E-state index in [4.69, 9.17) is 11.6 Å². The fraction of sp³-hybridized carbons (Fsp3) is 0.417. The summed E-state index contributed by atoms with van der Waals surface area (Å²) in [6.45, 7) is 1.35. The summed E-state index contributed by atoms with van der Waals surface area (Å²) in [7, 11) is 3.89. The van der Waals surface area contributed by atoms with Gasteiger partial charge in [-0.1, -0.05) is 17.7 Å². The Balaban J connectivity index is 2.67. The molecule has 0 unspecified atom stereocenters. The predicted molar refractivity (Wildman–Crippen MR) is 73.6 cm³/mol. The van der Waals surface area contributed by atoms with E-state index in [9.17, 15) is 14.9 Å². The second-order valence-corrected chi connectivity index (χ2v) is 4.69. The van der Waals surface area contributed by atoms with Gasteiger partial charge in [0, 0.05) is 12.6 Å². The van der Waals surface area contributed by atoms with Gasteiger partial charge >= 0.3 is 0 Å². The van der Waals surface area contributed by atoms with Gasteiger partial charge in [-0.3, -0.25) is 14.9 Å². The van der Waals surface area contributed by atoms with Crippen LogP contribution in [-0.2, 0) is 0 Å². The van der Waals surface area contributed by atoms with E-state index >= 15 is 0 Å². The molecule has 0 aliphatic rings.